The number of carbonyl (C=O) groups is 2. The molecule has 7 heteroatoms. The van der Waals surface area contributed by atoms with Crippen molar-refractivity contribution >= 4 is 28.5 Å². The van der Waals surface area contributed by atoms with Crippen molar-refractivity contribution in [3.05, 3.63) is 36.7 Å². The second-order valence-electron chi connectivity index (χ2n) is 7.23. The van der Waals surface area contributed by atoms with Crippen LogP contribution in [0.4, 0.5) is 10.5 Å². The standard InChI is InChI=1S/C19H24N4O3/c1-19(2,3)26-18(25)21-13-17(24)23-10-6-9-22(23)16-12-20-11-14-7-4-5-8-15(14)16/h4-5,7-8,11-12H,6,9-10,13H2,1-3H3,(H,21,25). The molecule has 0 unspecified atom stereocenters. The van der Waals surface area contributed by atoms with Gasteiger partial charge in [0, 0.05) is 30.1 Å². The first kappa shape index (κ1) is 18.0. The summed E-state index contributed by atoms with van der Waals surface area (Å²) in [5.74, 6) is -0.179. The molecule has 0 atom stereocenters. The van der Waals surface area contributed by atoms with Gasteiger partial charge in [0.15, 0.2) is 0 Å². The number of amides is 2. The number of nitrogens with zero attached hydrogens (tertiary/aromatic N) is 3. The largest absolute Gasteiger partial charge is 0.444 e. The minimum absolute atomic E-state index is 0.108. The molecule has 1 fully saturated rings. The van der Waals surface area contributed by atoms with E-state index >= 15 is 0 Å². The molecule has 0 saturated carbocycles. The first-order valence-corrected chi connectivity index (χ1v) is 8.72. The van der Waals surface area contributed by atoms with E-state index in [0.717, 1.165) is 29.4 Å². The number of benzene rings is 1. The lowest BCUT2D eigenvalue weighted by Gasteiger charge is -2.30. The van der Waals surface area contributed by atoms with Gasteiger partial charge >= 0.3 is 6.09 Å². The molecule has 1 N–H and O–H groups in total. The van der Waals surface area contributed by atoms with Crippen LogP contribution >= 0.6 is 0 Å². The fraction of sp³-hybridized carbons (Fsp3) is 0.421. The van der Waals surface area contributed by atoms with Gasteiger partial charge in [-0.1, -0.05) is 24.3 Å². The molecule has 0 bridgehead atoms. The molecular weight excluding hydrogens is 332 g/mol. The third kappa shape index (κ3) is 4.04. The van der Waals surface area contributed by atoms with E-state index in [1.807, 2.05) is 35.5 Å². The Labute approximate surface area is 152 Å². The Morgan fingerprint density at radius 3 is 2.73 bits per heavy atom. The molecule has 1 aromatic heterocycles. The van der Waals surface area contributed by atoms with Crippen LogP contribution in [0.25, 0.3) is 10.8 Å². The maximum absolute atomic E-state index is 12.6. The summed E-state index contributed by atoms with van der Waals surface area (Å²) in [6.07, 6.45) is 3.85. The van der Waals surface area contributed by atoms with Gasteiger partial charge in [0.05, 0.1) is 11.9 Å². The summed E-state index contributed by atoms with van der Waals surface area (Å²) in [7, 11) is 0. The number of rotatable bonds is 3. The van der Waals surface area contributed by atoms with E-state index in [1.165, 1.54) is 0 Å². The molecule has 26 heavy (non-hydrogen) atoms. The number of hydrogen-bond acceptors (Lipinski definition) is 5. The lowest BCUT2D eigenvalue weighted by Crippen LogP contribution is -2.47. The van der Waals surface area contributed by atoms with Crippen LogP contribution in [0.3, 0.4) is 0 Å². The van der Waals surface area contributed by atoms with E-state index in [1.54, 1.807) is 32.0 Å². The second-order valence-corrected chi connectivity index (χ2v) is 7.23. The summed E-state index contributed by atoms with van der Waals surface area (Å²) < 4.78 is 5.18. The highest BCUT2D eigenvalue weighted by Gasteiger charge is 2.28. The lowest BCUT2D eigenvalue weighted by atomic mass is 10.1. The average molecular weight is 356 g/mol. The van der Waals surface area contributed by atoms with Crippen LogP contribution in [0, 0.1) is 0 Å². The molecule has 2 aromatic rings. The molecular formula is C19H24N4O3. The van der Waals surface area contributed by atoms with Gasteiger partial charge in [0.2, 0.25) is 0 Å². The molecule has 0 radical (unpaired) electrons. The smallest absolute Gasteiger partial charge is 0.408 e. The van der Waals surface area contributed by atoms with Crippen molar-refractivity contribution in [2.75, 3.05) is 24.6 Å². The SMILES string of the molecule is CC(C)(C)OC(=O)NCC(=O)N1CCCN1c1cncc2ccccc12. The molecule has 1 aliphatic heterocycles. The van der Waals surface area contributed by atoms with E-state index in [4.69, 9.17) is 4.74 Å². The molecule has 3 rings (SSSR count). The quantitative estimate of drug-likeness (QED) is 0.915. The van der Waals surface area contributed by atoms with Crippen LogP contribution in [0.15, 0.2) is 36.7 Å². The summed E-state index contributed by atoms with van der Waals surface area (Å²) in [5, 5.41) is 8.20. The molecule has 1 saturated heterocycles. The predicted molar refractivity (Wildman–Crippen MR) is 99.7 cm³/mol. The number of ether oxygens (including phenoxy) is 1. The van der Waals surface area contributed by atoms with Crippen molar-refractivity contribution in [1.82, 2.24) is 15.3 Å². The third-order valence-electron chi connectivity index (χ3n) is 4.03. The normalized spacial score (nSPS) is 14.6. The van der Waals surface area contributed by atoms with Gasteiger partial charge < -0.3 is 10.1 Å². The Morgan fingerprint density at radius 1 is 1.19 bits per heavy atom. The molecule has 1 aliphatic rings. The number of carbonyl (C=O) groups excluding carboxylic acids is 2. The molecule has 0 spiro atoms. The highest BCUT2D eigenvalue weighted by molar-refractivity contribution is 5.94. The number of aromatic nitrogens is 1. The monoisotopic (exact) mass is 356 g/mol. The van der Waals surface area contributed by atoms with Crippen molar-refractivity contribution in [2.45, 2.75) is 32.8 Å². The first-order chi connectivity index (χ1) is 12.3. The Kier molecular flexibility index (Phi) is 4.97. The van der Waals surface area contributed by atoms with E-state index < -0.39 is 11.7 Å². The average Bonchev–Trinajstić information content (AvgIpc) is 3.07. The minimum Gasteiger partial charge on any atom is -0.444 e. The maximum atomic E-state index is 12.6. The first-order valence-electron chi connectivity index (χ1n) is 8.72. The lowest BCUT2D eigenvalue weighted by molar-refractivity contribution is -0.129. The van der Waals surface area contributed by atoms with E-state index in [-0.39, 0.29) is 12.5 Å². The van der Waals surface area contributed by atoms with Gasteiger partial charge in [-0.3, -0.25) is 19.8 Å². The Balaban J connectivity index is 1.72. The van der Waals surface area contributed by atoms with Crippen LogP contribution in [0.1, 0.15) is 27.2 Å². The minimum atomic E-state index is -0.596. The van der Waals surface area contributed by atoms with Crippen molar-refractivity contribution in [2.24, 2.45) is 0 Å². The van der Waals surface area contributed by atoms with Crippen molar-refractivity contribution in [3.8, 4) is 0 Å². The number of alkyl carbamates (subject to hydrolysis) is 1. The third-order valence-corrected chi connectivity index (χ3v) is 4.03. The van der Waals surface area contributed by atoms with Gasteiger partial charge in [-0.25, -0.2) is 4.79 Å². The molecule has 0 aliphatic carbocycles. The van der Waals surface area contributed by atoms with Crippen LogP contribution < -0.4 is 10.3 Å². The van der Waals surface area contributed by atoms with Gasteiger partial charge in [-0.15, -0.1) is 0 Å². The predicted octanol–water partition coefficient (Wildman–Crippen LogP) is 2.71. The van der Waals surface area contributed by atoms with Gasteiger partial charge in [0.25, 0.3) is 5.91 Å². The highest BCUT2D eigenvalue weighted by atomic mass is 16.6. The van der Waals surface area contributed by atoms with Crippen molar-refractivity contribution in [1.29, 1.82) is 0 Å². The second kappa shape index (κ2) is 7.19. The van der Waals surface area contributed by atoms with E-state index in [9.17, 15) is 9.59 Å². The maximum Gasteiger partial charge on any atom is 0.408 e. The zero-order chi connectivity index (χ0) is 18.7. The number of anilines is 1. The Bertz CT molecular complexity index is 811. The fourth-order valence-corrected chi connectivity index (χ4v) is 2.98. The van der Waals surface area contributed by atoms with Crippen LogP contribution in [-0.4, -0.2) is 47.2 Å². The van der Waals surface area contributed by atoms with E-state index in [0.29, 0.717) is 6.54 Å². The Morgan fingerprint density at radius 2 is 1.96 bits per heavy atom. The Hall–Kier alpha value is -2.83. The zero-order valence-corrected chi connectivity index (χ0v) is 15.4. The van der Waals surface area contributed by atoms with Crippen LogP contribution in [-0.2, 0) is 9.53 Å². The summed E-state index contributed by atoms with van der Waals surface area (Å²) in [6.45, 7) is 6.58. The molecule has 7 nitrogen and oxygen atoms in total. The molecule has 138 valence electrons. The molecule has 2 heterocycles. The molecule has 1 aromatic carbocycles. The van der Waals surface area contributed by atoms with Gasteiger partial charge in [-0.05, 0) is 27.2 Å². The van der Waals surface area contributed by atoms with Crippen LogP contribution in [0.2, 0.25) is 0 Å². The van der Waals surface area contributed by atoms with E-state index in [2.05, 4.69) is 10.3 Å². The van der Waals surface area contributed by atoms with Gasteiger partial charge in [0.1, 0.15) is 12.1 Å². The number of fused-ring (bicyclic) bond motifs is 1. The van der Waals surface area contributed by atoms with Crippen molar-refractivity contribution in [3.63, 3.8) is 0 Å². The number of hydrogen-bond donors (Lipinski definition) is 1. The van der Waals surface area contributed by atoms with Crippen LogP contribution in [0.5, 0.6) is 0 Å². The number of nitrogens with one attached hydrogen (secondary N) is 1. The number of pyridine rings is 1. The topological polar surface area (TPSA) is 74.8 Å². The molecule has 2 amide bonds. The summed E-state index contributed by atoms with van der Waals surface area (Å²) in [6, 6.07) is 7.95. The summed E-state index contributed by atoms with van der Waals surface area (Å²) >= 11 is 0. The summed E-state index contributed by atoms with van der Waals surface area (Å²) in [5.41, 5.74) is 0.299. The van der Waals surface area contributed by atoms with Crippen molar-refractivity contribution < 1.29 is 14.3 Å². The zero-order valence-electron chi connectivity index (χ0n) is 15.4. The highest BCUT2D eigenvalue weighted by Crippen LogP contribution is 2.29. The van der Waals surface area contributed by atoms with Gasteiger partial charge in [-0.2, -0.15) is 0 Å². The fourth-order valence-electron chi connectivity index (χ4n) is 2.98. The number of hydrazine groups is 1. The summed E-state index contributed by atoms with van der Waals surface area (Å²) in [4.78, 5) is 28.7.